The molecule has 3 nitrogen and oxygen atoms in total. The monoisotopic (exact) mass is 297 g/mol. The quantitative estimate of drug-likeness (QED) is 0.837. The maximum atomic E-state index is 11.4. The third kappa shape index (κ3) is 4.60. The average molecular weight is 297 g/mol. The van der Waals surface area contributed by atoms with Crippen molar-refractivity contribution in [2.24, 2.45) is 5.92 Å². The lowest BCUT2D eigenvalue weighted by Gasteiger charge is -2.26. The minimum absolute atomic E-state index is 0.221. The number of nitrogens with one attached hydrogen (secondary N) is 1. The Morgan fingerprint density at radius 1 is 1.05 bits per heavy atom. The largest absolute Gasteiger partial charge is 0.307 e. The highest BCUT2D eigenvalue weighted by Gasteiger charge is 2.16. The smallest absolute Gasteiger partial charge is 0.175 e. The predicted molar refractivity (Wildman–Crippen MR) is 84.6 cm³/mol. The molecule has 1 aromatic rings. The summed E-state index contributed by atoms with van der Waals surface area (Å²) in [6.45, 7) is 8.78. The summed E-state index contributed by atoms with van der Waals surface area (Å²) in [4.78, 5) is 0.376. The first kappa shape index (κ1) is 17.2. The van der Waals surface area contributed by atoms with E-state index in [1.165, 1.54) is 19.1 Å². The van der Waals surface area contributed by atoms with Gasteiger partial charge in [-0.1, -0.05) is 38.8 Å². The van der Waals surface area contributed by atoms with Gasteiger partial charge in [-0.3, -0.25) is 0 Å². The van der Waals surface area contributed by atoms with Gasteiger partial charge in [0, 0.05) is 18.3 Å². The molecule has 0 aliphatic carbocycles. The lowest BCUT2D eigenvalue weighted by atomic mass is 9.94. The molecule has 0 spiro atoms. The third-order valence-corrected chi connectivity index (χ3v) is 5.21. The van der Waals surface area contributed by atoms with Crippen LogP contribution in [0.1, 0.15) is 52.1 Å². The summed E-state index contributed by atoms with van der Waals surface area (Å²) >= 11 is 0. The van der Waals surface area contributed by atoms with E-state index in [9.17, 15) is 8.42 Å². The Balaban J connectivity index is 2.75. The maximum Gasteiger partial charge on any atom is 0.175 e. The Hall–Kier alpha value is -0.870. The minimum Gasteiger partial charge on any atom is -0.307 e. The summed E-state index contributed by atoms with van der Waals surface area (Å²) < 4.78 is 22.9. The van der Waals surface area contributed by atoms with Crippen LogP contribution < -0.4 is 5.32 Å². The van der Waals surface area contributed by atoms with Gasteiger partial charge in [0.05, 0.1) is 4.90 Å². The van der Waals surface area contributed by atoms with Crippen LogP contribution in [0.25, 0.3) is 0 Å². The predicted octanol–water partition coefficient (Wildman–Crippen LogP) is 3.57. The van der Waals surface area contributed by atoms with E-state index in [4.69, 9.17) is 0 Å². The molecule has 1 N–H and O–H groups in total. The zero-order chi connectivity index (χ0) is 15.3. The van der Waals surface area contributed by atoms with Gasteiger partial charge in [0.25, 0.3) is 0 Å². The van der Waals surface area contributed by atoms with E-state index in [2.05, 4.69) is 33.0 Å². The third-order valence-electron chi connectivity index (χ3n) is 4.08. The Morgan fingerprint density at radius 3 is 1.95 bits per heavy atom. The fourth-order valence-electron chi connectivity index (χ4n) is 2.63. The molecule has 0 radical (unpaired) electrons. The molecule has 1 rings (SSSR count). The highest BCUT2D eigenvalue weighted by atomic mass is 32.2. The van der Waals surface area contributed by atoms with Crippen molar-refractivity contribution < 1.29 is 8.42 Å². The fourth-order valence-corrected chi connectivity index (χ4v) is 3.26. The first-order chi connectivity index (χ1) is 9.29. The van der Waals surface area contributed by atoms with Crippen LogP contribution >= 0.6 is 0 Å². The summed E-state index contributed by atoms with van der Waals surface area (Å²) in [5, 5.41) is 3.61. The van der Waals surface area contributed by atoms with Crippen LogP contribution in [0.5, 0.6) is 0 Å². The molecule has 0 saturated carbocycles. The molecule has 0 aromatic heterocycles. The molecule has 0 aliphatic rings. The van der Waals surface area contributed by atoms with Crippen molar-refractivity contribution in [2.45, 2.75) is 57.5 Å². The minimum atomic E-state index is -3.11. The number of benzene rings is 1. The van der Waals surface area contributed by atoms with Crippen LogP contribution in [0, 0.1) is 5.92 Å². The van der Waals surface area contributed by atoms with Crippen molar-refractivity contribution in [3.8, 4) is 0 Å². The molecule has 0 bridgehead atoms. The molecule has 0 amide bonds. The van der Waals surface area contributed by atoms with Crippen molar-refractivity contribution in [3.05, 3.63) is 29.8 Å². The highest BCUT2D eigenvalue weighted by molar-refractivity contribution is 7.90. The van der Waals surface area contributed by atoms with Crippen molar-refractivity contribution in [1.82, 2.24) is 5.32 Å². The molecule has 1 aromatic carbocycles. The summed E-state index contributed by atoms with van der Waals surface area (Å²) in [7, 11) is -3.11. The van der Waals surface area contributed by atoms with Gasteiger partial charge in [0.2, 0.25) is 0 Å². The van der Waals surface area contributed by atoms with E-state index in [0.717, 1.165) is 5.56 Å². The molecule has 2 atom stereocenters. The second-order valence-corrected chi connectivity index (χ2v) is 7.61. The van der Waals surface area contributed by atoms with E-state index < -0.39 is 9.84 Å². The lowest BCUT2D eigenvalue weighted by molar-refractivity contribution is 0.330. The Kier molecular flexibility index (Phi) is 6.21. The number of rotatable bonds is 7. The lowest BCUT2D eigenvalue weighted by Crippen LogP contribution is -2.35. The van der Waals surface area contributed by atoms with Gasteiger partial charge in [-0.15, -0.1) is 0 Å². The summed E-state index contributed by atoms with van der Waals surface area (Å²) in [6.07, 6.45) is 3.58. The molecule has 20 heavy (non-hydrogen) atoms. The summed E-state index contributed by atoms with van der Waals surface area (Å²) in [5.41, 5.74) is 1.12. The van der Waals surface area contributed by atoms with Crippen molar-refractivity contribution in [3.63, 3.8) is 0 Å². The molecule has 0 saturated heterocycles. The standard InChI is InChI=1S/C16H27NO2S/c1-6-14(7-2)12(3)17-13(4)15-8-10-16(11-9-15)20(5,18)19/h8-14,17H,6-7H2,1-5H3. The van der Waals surface area contributed by atoms with Gasteiger partial charge in [-0.05, 0) is 37.5 Å². The van der Waals surface area contributed by atoms with Crippen molar-refractivity contribution in [2.75, 3.05) is 6.26 Å². The van der Waals surface area contributed by atoms with Crippen molar-refractivity contribution in [1.29, 1.82) is 0 Å². The molecule has 4 heteroatoms. The van der Waals surface area contributed by atoms with Crippen LogP contribution in [0.4, 0.5) is 0 Å². The van der Waals surface area contributed by atoms with E-state index in [1.807, 2.05) is 12.1 Å². The van der Waals surface area contributed by atoms with Gasteiger partial charge >= 0.3 is 0 Å². The van der Waals surface area contributed by atoms with E-state index in [1.54, 1.807) is 12.1 Å². The summed E-state index contributed by atoms with van der Waals surface area (Å²) in [5.74, 6) is 0.674. The molecular formula is C16H27NO2S. The first-order valence-electron chi connectivity index (χ1n) is 7.35. The van der Waals surface area contributed by atoms with Gasteiger partial charge in [-0.25, -0.2) is 8.42 Å². The molecule has 0 heterocycles. The zero-order valence-electron chi connectivity index (χ0n) is 13.2. The second-order valence-electron chi connectivity index (χ2n) is 5.59. The number of sulfone groups is 1. The Labute approximate surface area is 123 Å². The molecule has 0 aliphatic heterocycles. The fraction of sp³-hybridized carbons (Fsp3) is 0.625. The molecular weight excluding hydrogens is 270 g/mol. The number of hydrogen-bond acceptors (Lipinski definition) is 3. The Morgan fingerprint density at radius 2 is 1.55 bits per heavy atom. The average Bonchev–Trinajstić information content (AvgIpc) is 2.39. The topological polar surface area (TPSA) is 46.2 Å². The van der Waals surface area contributed by atoms with Crippen LogP contribution in [-0.4, -0.2) is 20.7 Å². The van der Waals surface area contributed by atoms with Gasteiger partial charge in [-0.2, -0.15) is 0 Å². The SMILES string of the molecule is CCC(CC)C(C)NC(C)c1ccc(S(C)(=O)=O)cc1. The molecule has 2 unspecified atom stereocenters. The van der Waals surface area contributed by atoms with Crippen molar-refractivity contribution >= 4 is 9.84 Å². The van der Waals surface area contributed by atoms with Crippen LogP contribution in [0.3, 0.4) is 0 Å². The van der Waals surface area contributed by atoms with Gasteiger partial charge in [0.1, 0.15) is 0 Å². The van der Waals surface area contributed by atoms with Gasteiger partial charge < -0.3 is 5.32 Å². The zero-order valence-corrected chi connectivity index (χ0v) is 14.0. The first-order valence-corrected chi connectivity index (χ1v) is 9.24. The van der Waals surface area contributed by atoms with E-state index in [-0.39, 0.29) is 6.04 Å². The van der Waals surface area contributed by atoms with E-state index in [0.29, 0.717) is 16.9 Å². The number of hydrogen-bond donors (Lipinski definition) is 1. The van der Waals surface area contributed by atoms with Gasteiger partial charge in [0.15, 0.2) is 9.84 Å². The normalized spacial score (nSPS) is 15.3. The van der Waals surface area contributed by atoms with Crippen LogP contribution in [-0.2, 0) is 9.84 Å². The maximum absolute atomic E-state index is 11.4. The van der Waals surface area contributed by atoms with Crippen LogP contribution in [0.15, 0.2) is 29.2 Å². The Bertz CT molecular complexity index is 504. The molecule has 114 valence electrons. The van der Waals surface area contributed by atoms with E-state index >= 15 is 0 Å². The highest BCUT2D eigenvalue weighted by Crippen LogP contribution is 2.20. The summed E-state index contributed by atoms with van der Waals surface area (Å²) in [6, 6.07) is 7.84. The van der Waals surface area contributed by atoms with Crippen LogP contribution in [0.2, 0.25) is 0 Å². The molecule has 0 fully saturated rings. The second kappa shape index (κ2) is 7.23.